The third-order valence-corrected chi connectivity index (χ3v) is 4.27. The topological polar surface area (TPSA) is 53.0 Å². The van der Waals surface area contributed by atoms with Crippen LogP contribution in [0.4, 0.5) is 0 Å². The quantitative estimate of drug-likeness (QED) is 0.904. The molecular weight excluding hydrogens is 234 g/mol. The Bertz CT molecular complexity index is 475. The number of likely N-dealkylation sites (tertiary alicyclic amines) is 1. The molecule has 0 saturated carbocycles. The highest BCUT2D eigenvalue weighted by Gasteiger charge is 2.25. The van der Waals surface area contributed by atoms with E-state index in [9.17, 15) is 0 Å². The maximum Gasteiger partial charge on any atom is 0.0991 e. The van der Waals surface area contributed by atoms with Crippen LogP contribution in [0, 0.1) is 24.2 Å². The minimum absolute atomic E-state index is 0.364. The molecule has 2 unspecified atom stereocenters. The van der Waals surface area contributed by atoms with Gasteiger partial charge in [0.05, 0.1) is 11.6 Å². The molecule has 19 heavy (non-hydrogen) atoms. The van der Waals surface area contributed by atoms with Gasteiger partial charge in [-0.25, -0.2) is 0 Å². The normalized spacial score (nSPS) is 24.1. The van der Waals surface area contributed by atoms with E-state index < -0.39 is 0 Å². The summed E-state index contributed by atoms with van der Waals surface area (Å²) in [6.07, 6.45) is 2.25. The molecule has 1 aromatic carbocycles. The number of hydrogen-bond donors (Lipinski definition) is 1. The first-order valence-corrected chi connectivity index (χ1v) is 7.11. The van der Waals surface area contributed by atoms with Gasteiger partial charge < -0.3 is 5.73 Å². The average molecular weight is 257 g/mol. The lowest BCUT2D eigenvalue weighted by Gasteiger charge is -2.36. The van der Waals surface area contributed by atoms with Crippen molar-refractivity contribution in [2.24, 2.45) is 11.7 Å². The summed E-state index contributed by atoms with van der Waals surface area (Å²) in [5.74, 6) is 0.618. The molecule has 1 fully saturated rings. The van der Waals surface area contributed by atoms with E-state index in [2.05, 4.69) is 30.9 Å². The number of nitrogens with two attached hydrogens (primary N) is 1. The van der Waals surface area contributed by atoms with Gasteiger partial charge in [0.2, 0.25) is 0 Å². The van der Waals surface area contributed by atoms with Crippen LogP contribution in [0.1, 0.15) is 36.5 Å². The monoisotopic (exact) mass is 257 g/mol. The molecular formula is C16H23N3. The Morgan fingerprint density at radius 1 is 1.47 bits per heavy atom. The van der Waals surface area contributed by atoms with E-state index in [0.29, 0.717) is 12.0 Å². The van der Waals surface area contributed by atoms with Crippen molar-refractivity contribution in [3.05, 3.63) is 34.9 Å². The van der Waals surface area contributed by atoms with Crippen molar-refractivity contribution in [1.29, 1.82) is 5.26 Å². The van der Waals surface area contributed by atoms with Gasteiger partial charge in [-0.05, 0) is 49.1 Å². The molecule has 3 nitrogen and oxygen atoms in total. The Balaban J connectivity index is 2.04. The van der Waals surface area contributed by atoms with Gasteiger partial charge in [0.25, 0.3) is 0 Å². The highest BCUT2D eigenvalue weighted by molar-refractivity contribution is 5.37. The van der Waals surface area contributed by atoms with Crippen LogP contribution in [0.25, 0.3) is 0 Å². The first kappa shape index (κ1) is 14.0. The number of piperidine rings is 1. The smallest absolute Gasteiger partial charge is 0.0991 e. The van der Waals surface area contributed by atoms with Crippen molar-refractivity contribution in [3.63, 3.8) is 0 Å². The summed E-state index contributed by atoms with van der Waals surface area (Å²) in [7, 11) is 0. The van der Waals surface area contributed by atoms with E-state index in [1.165, 1.54) is 11.1 Å². The fourth-order valence-corrected chi connectivity index (χ4v) is 2.88. The minimum atomic E-state index is 0.364. The molecule has 1 aliphatic heterocycles. The number of nitrogens with zero attached hydrogens (tertiary/aromatic N) is 2. The summed E-state index contributed by atoms with van der Waals surface area (Å²) in [6.45, 7) is 7.46. The molecule has 1 aliphatic rings. The SMILES string of the molecule is CCC1CN(Cc2ccc(C#N)cc2C)CCC1N. The van der Waals surface area contributed by atoms with E-state index in [1.807, 2.05) is 12.1 Å². The molecule has 0 aromatic heterocycles. The largest absolute Gasteiger partial charge is 0.327 e. The van der Waals surface area contributed by atoms with Crippen LogP contribution in [0.3, 0.4) is 0 Å². The Kier molecular flexibility index (Phi) is 4.57. The van der Waals surface area contributed by atoms with Crippen molar-refractivity contribution in [2.75, 3.05) is 13.1 Å². The molecule has 1 saturated heterocycles. The lowest BCUT2D eigenvalue weighted by Crippen LogP contribution is -2.46. The predicted octanol–water partition coefficient (Wildman–Crippen LogP) is 2.43. The van der Waals surface area contributed by atoms with Gasteiger partial charge in [-0.2, -0.15) is 5.26 Å². The maximum absolute atomic E-state index is 8.90. The Hall–Kier alpha value is -1.37. The van der Waals surface area contributed by atoms with E-state index in [1.54, 1.807) is 0 Å². The first-order chi connectivity index (χ1) is 9.13. The molecule has 3 heteroatoms. The molecule has 2 rings (SSSR count). The van der Waals surface area contributed by atoms with Crippen molar-refractivity contribution in [3.8, 4) is 6.07 Å². The van der Waals surface area contributed by atoms with Gasteiger partial charge in [-0.15, -0.1) is 0 Å². The van der Waals surface area contributed by atoms with E-state index in [-0.39, 0.29) is 0 Å². The van der Waals surface area contributed by atoms with E-state index >= 15 is 0 Å². The molecule has 0 bridgehead atoms. The molecule has 0 aliphatic carbocycles. The molecule has 0 radical (unpaired) electrons. The molecule has 1 aromatic rings. The second kappa shape index (κ2) is 6.18. The number of nitriles is 1. The summed E-state index contributed by atoms with van der Waals surface area (Å²) in [4.78, 5) is 2.49. The van der Waals surface area contributed by atoms with Crippen LogP contribution < -0.4 is 5.73 Å². The zero-order chi connectivity index (χ0) is 13.8. The summed E-state index contributed by atoms with van der Waals surface area (Å²) in [6, 6.07) is 8.53. The zero-order valence-electron chi connectivity index (χ0n) is 11.9. The maximum atomic E-state index is 8.90. The van der Waals surface area contributed by atoms with Gasteiger partial charge in [0, 0.05) is 19.1 Å². The molecule has 1 heterocycles. The van der Waals surface area contributed by atoms with Crippen molar-refractivity contribution in [1.82, 2.24) is 4.90 Å². The van der Waals surface area contributed by atoms with Crippen LogP contribution >= 0.6 is 0 Å². The first-order valence-electron chi connectivity index (χ1n) is 7.11. The molecule has 2 atom stereocenters. The van der Waals surface area contributed by atoms with Gasteiger partial charge in [0.15, 0.2) is 0 Å². The van der Waals surface area contributed by atoms with Crippen molar-refractivity contribution >= 4 is 0 Å². The third kappa shape index (κ3) is 3.34. The number of hydrogen-bond acceptors (Lipinski definition) is 3. The van der Waals surface area contributed by atoms with Gasteiger partial charge in [0.1, 0.15) is 0 Å². The Morgan fingerprint density at radius 3 is 2.89 bits per heavy atom. The van der Waals surface area contributed by atoms with Crippen LogP contribution in [0.15, 0.2) is 18.2 Å². The summed E-state index contributed by atoms with van der Waals surface area (Å²) >= 11 is 0. The number of rotatable bonds is 3. The van der Waals surface area contributed by atoms with Crippen LogP contribution in [0.2, 0.25) is 0 Å². The third-order valence-electron chi connectivity index (χ3n) is 4.27. The molecule has 2 N–H and O–H groups in total. The highest BCUT2D eigenvalue weighted by atomic mass is 15.1. The fraction of sp³-hybridized carbons (Fsp3) is 0.562. The van der Waals surface area contributed by atoms with Crippen molar-refractivity contribution in [2.45, 2.75) is 39.3 Å². The van der Waals surface area contributed by atoms with Gasteiger partial charge in [-0.3, -0.25) is 4.90 Å². The Morgan fingerprint density at radius 2 is 2.26 bits per heavy atom. The highest BCUT2D eigenvalue weighted by Crippen LogP contribution is 2.21. The van der Waals surface area contributed by atoms with E-state index in [0.717, 1.165) is 38.0 Å². The number of aryl methyl sites for hydroxylation is 1. The molecule has 0 amide bonds. The summed E-state index contributed by atoms with van der Waals surface area (Å²) in [5.41, 5.74) is 9.43. The summed E-state index contributed by atoms with van der Waals surface area (Å²) in [5, 5.41) is 8.90. The number of benzene rings is 1. The second-order valence-electron chi connectivity index (χ2n) is 5.61. The van der Waals surface area contributed by atoms with Crippen molar-refractivity contribution < 1.29 is 0 Å². The fourth-order valence-electron chi connectivity index (χ4n) is 2.88. The average Bonchev–Trinajstić information content (AvgIpc) is 2.43. The minimum Gasteiger partial charge on any atom is -0.327 e. The van der Waals surface area contributed by atoms with Crippen LogP contribution in [-0.4, -0.2) is 24.0 Å². The summed E-state index contributed by atoms with van der Waals surface area (Å²) < 4.78 is 0. The van der Waals surface area contributed by atoms with Gasteiger partial charge in [-0.1, -0.05) is 19.4 Å². The van der Waals surface area contributed by atoms with E-state index in [4.69, 9.17) is 11.0 Å². The predicted molar refractivity (Wildman–Crippen MR) is 77.5 cm³/mol. The molecule has 0 spiro atoms. The Labute approximate surface area is 116 Å². The van der Waals surface area contributed by atoms with Crippen LogP contribution in [-0.2, 0) is 6.54 Å². The zero-order valence-corrected chi connectivity index (χ0v) is 11.9. The van der Waals surface area contributed by atoms with Crippen LogP contribution in [0.5, 0.6) is 0 Å². The van der Waals surface area contributed by atoms with Gasteiger partial charge >= 0.3 is 0 Å². The second-order valence-corrected chi connectivity index (χ2v) is 5.61. The molecule has 102 valence electrons. The lowest BCUT2D eigenvalue weighted by atomic mass is 9.90. The lowest BCUT2D eigenvalue weighted by molar-refractivity contribution is 0.145. The standard InChI is InChI=1S/C16H23N3/c1-3-14-10-19(7-6-16(14)18)11-15-5-4-13(9-17)8-12(15)2/h4-5,8,14,16H,3,6-7,10-11,18H2,1-2H3.